The molecule has 1 aromatic carbocycles. The van der Waals surface area contributed by atoms with E-state index in [-0.39, 0.29) is 2.85 Å². The number of benzene rings is 1. The smallest absolute Gasteiger partial charge is 0.204 e. The van der Waals surface area contributed by atoms with Gasteiger partial charge in [0.25, 0.3) is 0 Å². The normalized spacial score (nSPS) is 11.5. The van der Waals surface area contributed by atoms with E-state index in [0.717, 1.165) is 11.1 Å². The first-order valence-electron chi connectivity index (χ1n) is 5.60. The molecule has 17 heavy (non-hydrogen) atoms. The zero-order chi connectivity index (χ0) is 11.8. The van der Waals surface area contributed by atoms with Crippen molar-refractivity contribution in [1.82, 2.24) is 25.6 Å². The summed E-state index contributed by atoms with van der Waals surface area (Å²) in [5.41, 5.74) is 3.31. The van der Waals surface area contributed by atoms with Crippen molar-refractivity contribution < 1.29 is 2.85 Å². The van der Waals surface area contributed by atoms with Crippen LogP contribution in [-0.2, 0) is 0 Å². The molecule has 0 aliphatic heterocycles. The maximum absolute atomic E-state index is 3.97. The number of rotatable bonds is 2. The van der Waals surface area contributed by atoms with Crippen LogP contribution in [0.25, 0.3) is 22.3 Å². The van der Waals surface area contributed by atoms with Crippen LogP contribution in [0, 0.1) is 0 Å². The van der Waals surface area contributed by atoms with Gasteiger partial charge >= 0.3 is 0 Å². The van der Waals surface area contributed by atoms with Crippen LogP contribution in [0.2, 0.25) is 0 Å². The van der Waals surface area contributed by atoms with Crippen molar-refractivity contribution in [2.24, 2.45) is 0 Å². The van der Waals surface area contributed by atoms with E-state index in [2.05, 4.69) is 51.6 Å². The van der Waals surface area contributed by atoms with Crippen molar-refractivity contribution in [2.45, 2.75) is 19.8 Å². The minimum atomic E-state index is 0. The van der Waals surface area contributed by atoms with E-state index in [0.29, 0.717) is 11.7 Å². The molecule has 0 aliphatic rings. The molecule has 0 saturated heterocycles. The lowest BCUT2D eigenvalue weighted by molar-refractivity contribution is 0.836. The second kappa shape index (κ2) is 3.69. The SMILES string of the molecule is CC(C)c1cc2ccc(-c3nn[nH]n3)cc2[nH]1.[HH].[HH]. The lowest BCUT2D eigenvalue weighted by Crippen LogP contribution is -1.85. The quantitative estimate of drug-likeness (QED) is 0.712. The summed E-state index contributed by atoms with van der Waals surface area (Å²) < 4.78 is 0. The Morgan fingerprint density at radius 2 is 2.12 bits per heavy atom. The lowest BCUT2D eigenvalue weighted by atomic mass is 10.1. The Morgan fingerprint density at radius 1 is 1.24 bits per heavy atom. The van der Waals surface area contributed by atoms with Crippen molar-refractivity contribution in [3.8, 4) is 11.4 Å². The molecule has 0 spiro atoms. The van der Waals surface area contributed by atoms with Crippen molar-refractivity contribution in [3.05, 3.63) is 30.0 Å². The number of H-pyrrole nitrogens is 2. The van der Waals surface area contributed by atoms with Crippen LogP contribution in [0.15, 0.2) is 24.3 Å². The van der Waals surface area contributed by atoms with Gasteiger partial charge in [-0.05, 0) is 28.7 Å². The number of nitrogens with one attached hydrogen (secondary N) is 2. The van der Waals surface area contributed by atoms with Gasteiger partial charge in [-0.3, -0.25) is 0 Å². The summed E-state index contributed by atoms with van der Waals surface area (Å²) >= 11 is 0. The van der Waals surface area contributed by atoms with Crippen LogP contribution in [0.1, 0.15) is 28.3 Å². The first kappa shape index (κ1) is 10.0. The van der Waals surface area contributed by atoms with Crippen LogP contribution in [0.5, 0.6) is 0 Å². The van der Waals surface area contributed by atoms with Gasteiger partial charge < -0.3 is 4.98 Å². The molecule has 3 rings (SSSR count). The van der Waals surface area contributed by atoms with Crippen molar-refractivity contribution in [2.75, 3.05) is 0 Å². The minimum Gasteiger partial charge on any atom is -0.358 e. The Bertz CT molecular complexity index is 645. The molecule has 0 fully saturated rings. The van der Waals surface area contributed by atoms with E-state index < -0.39 is 0 Å². The molecule has 0 saturated carbocycles. The molecule has 0 aliphatic carbocycles. The number of hydrogen-bond acceptors (Lipinski definition) is 3. The summed E-state index contributed by atoms with van der Waals surface area (Å²) in [6.45, 7) is 4.34. The molecule has 5 heteroatoms. The van der Waals surface area contributed by atoms with E-state index in [4.69, 9.17) is 0 Å². The maximum Gasteiger partial charge on any atom is 0.204 e. The molecule has 0 amide bonds. The number of nitrogens with zero attached hydrogens (tertiary/aromatic N) is 3. The van der Waals surface area contributed by atoms with Crippen molar-refractivity contribution in [1.29, 1.82) is 0 Å². The summed E-state index contributed by atoms with van der Waals surface area (Å²) in [6.07, 6.45) is 0. The van der Waals surface area contributed by atoms with Gasteiger partial charge in [-0.1, -0.05) is 26.0 Å². The molecule has 3 aromatic rings. The Balaban J connectivity index is 0.000000902. The number of tetrazole rings is 1. The molecule has 5 nitrogen and oxygen atoms in total. The van der Waals surface area contributed by atoms with Crippen LogP contribution < -0.4 is 0 Å². The second-order valence-corrected chi connectivity index (χ2v) is 4.42. The predicted octanol–water partition coefficient (Wildman–Crippen LogP) is 2.96. The minimum absolute atomic E-state index is 0. The summed E-state index contributed by atoms with van der Waals surface area (Å²) in [5, 5.41) is 15.2. The van der Waals surface area contributed by atoms with Gasteiger partial charge in [0.15, 0.2) is 0 Å². The van der Waals surface area contributed by atoms with Gasteiger partial charge in [0, 0.05) is 19.6 Å². The number of aromatic amines is 2. The topological polar surface area (TPSA) is 70.2 Å². The largest absolute Gasteiger partial charge is 0.358 e. The lowest BCUT2D eigenvalue weighted by Gasteiger charge is -1.98. The number of fused-ring (bicyclic) bond motifs is 1. The molecule has 0 atom stereocenters. The molecule has 0 bridgehead atoms. The average Bonchev–Trinajstić information content (AvgIpc) is 2.97. The number of hydrogen-bond donors (Lipinski definition) is 2. The molecule has 0 unspecified atom stereocenters. The van der Waals surface area contributed by atoms with Crippen LogP contribution >= 0.6 is 0 Å². The van der Waals surface area contributed by atoms with Crippen LogP contribution in [0.4, 0.5) is 0 Å². The third-order valence-corrected chi connectivity index (χ3v) is 2.87. The molecular weight excluding hydrogens is 214 g/mol. The first-order chi connectivity index (χ1) is 8.24. The monoisotopic (exact) mass is 231 g/mol. The van der Waals surface area contributed by atoms with Gasteiger partial charge in [0.2, 0.25) is 5.82 Å². The first-order valence-corrected chi connectivity index (χ1v) is 5.60. The van der Waals surface area contributed by atoms with Gasteiger partial charge in [-0.15, -0.1) is 10.2 Å². The third kappa shape index (κ3) is 1.69. The zero-order valence-corrected chi connectivity index (χ0v) is 9.73. The average molecular weight is 231 g/mol. The van der Waals surface area contributed by atoms with E-state index in [1.54, 1.807) is 0 Å². The molecule has 0 radical (unpaired) electrons. The predicted molar refractivity (Wildman–Crippen MR) is 69.8 cm³/mol. The molecule has 90 valence electrons. The van der Waals surface area contributed by atoms with E-state index in [1.807, 2.05) is 12.1 Å². The van der Waals surface area contributed by atoms with Gasteiger partial charge in [-0.25, -0.2) is 0 Å². The Hall–Kier alpha value is -2.17. The van der Waals surface area contributed by atoms with Crippen LogP contribution in [-0.4, -0.2) is 25.6 Å². The van der Waals surface area contributed by atoms with Gasteiger partial charge in [0.1, 0.15) is 0 Å². The maximum atomic E-state index is 3.97. The highest BCUT2D eigenvalue weighted by molar-refractivity contribution is 5.84. The van der Waals surface area contributed by atoms with Gasteiger partial charge in [0.05, 0.1) is 0 Å². The van der Waals surface area contributed by atoms with E-state index in [9.17, 15) is 0 Å². The highest BCUT2D eigenvalue weighted by Gasteiger charge is 2.07. The van der Waals surface area contributed by atoms with Crippen molar-refractivity contribution >= 4 is 10.9 Å². The summed E-state index contributed by atoms with van der Waals surface area (Å²) in [7, 11) is 0. The molecule has 2 aromatic heterocycles. The Morgan fingerprint density at radius 3 is 2.82 bits per heavy atom. The Labute approximate surface area is 101 Å². The van der Waals surface area contributed by atoms with Gasteiger partial charge in [-0.2, -0.15) is 5.21 Å². The Kier molecular flexibility index (Phi) is 2.18. The highest BCUT2D eigenvalue weighted by atomic mass is 15.5. The zero-order valence-electron chi connectivity index (χ0n) is 9.73. The summed E-state index contributed by atoms with van der Waals surface area (Å²) in [6, 6.07) is 8.31. The molecular formula is C12H17N5. The standard InChI is InChI=1S/C12H13N5.2H2/c1-7(2)10-5-8-3-4-9(6-11(8)13-10)12-14-16-17-15-12;;/h3-7,13H,1-2H3,(H,14,15,16,17);2*1H. The highest BCUT2D eigenvalue weighted by Crippen LogP contribution is 2.24. The van der Waals surface area contributed by atoms with E-state index >= 15 is 0 Å². The summed E-state index contributed by atoms with van der Waals surface area (Å²) in [4.78, 5) is 3.41. The van der Waals surface area contributed by atoms with E-state index in [1.165, 1.54) is 11.1 Å². The van der Waals surface area contributed by atoms with Crippen LogP contribution in [0.3, 0.4) is 0 Å². The number of aromatic nitrogens is 5. The second-order valence-electron chi connectivity index (χ2n) is 4.42. The molecule has 2 heterocycles. The third-order valence-electron chi connectivity index (χ3n) is 2.87. The fourth-order valence-electron chi connectivity index (χ4n) is 1.88. The molecule has 2 N–H and O–H groups in total. The van der Waals surface area contributed by atoms with Crippen molar-refractivity contribution in [3.63, 3.8) is 0 Å². The fraction of sp³-hybridized carbons (Fsp3) is 0.250. The fourth-order valence-corrected chi connectivity index (χ4v) is 1.88. The summed E-state index contributed by atoms with van der Waals surface area (Å²) in [5.74, 6) is 1.11.